The molecule has 0 bridgehead atoms. The summed E-state index contributed by atoms with van der Waals surface area (Å²) in [7, 11) is 1.41. The second kappa shape index (κ2) is 4.54. The molecule has 7 heteroatoms. The summed E-state index contributed by atoms with van der Waals surface area (Å²) in [4.78, 5) is 23.9. The molecule has 0 aliphatic carbocycles. The normalized spacial score (nSPS) is 19.9. The number of nitrogens with one attached hydrogen (secondary N) is 1. The Kier molecular flexibility index (Phi) is 3.26. The van der Waals surface area contributed by atoms with Crippen LogP contribution in [0.4, 0.5) is 14.9 Å². The number of nitrogens with zero attached hydrogens (tertiary/aromatic N) is 1. The van der Waals surface area contributed by atoms with Gasteiger partial charge >= 0.3 is 0 Å². The fourth-order valence-corrected chi connectivity index (χ4v) is 2.41. The van der Waals surface area contributed by atoms with Gasteiger partial charge in [-0.25, -0.2) is 4.39 Å². The highest BCUT2D eigenvalue weighted by molar-refractivity contribution is 8.15. The summed E-state index contributed by atoms with van der Waals surface area (Å²) in [6.07, 6.45) is 0. The molecule has 4 nitrogen and oxygen atoms in total. The van der Waals surface area contributed by atoms with Crippen LogP contribution in [0.15, 0.2) is 18.2 Å². The van der Waals surface area contributed by atoms with Crippen molar-refractivity contribution in [1.82, 2.24) is 4.90 Å². The lowest BCUT2D eigenvalue weighted by atomic mass is 10.3. The first-order valence-electron chi connectivity index (χ1n) is 4.69. The maximum absolute atomic E-state index is 12.9. The van der Waals surface area contributed by atoms with E-state index in [9.17, 15) is 14.0 Å². The lowest BCUT2D eigenvalue weighted by Gasteiger charge is -2.11. The first kappa shape index (κ1) is 12.2. The van der Waals surface area contributed by atoms with Crippen LogP contribution >= 0.6 is 23.4 Å². The van der Waals surface area contributed by atoms with Gasteiger partial charge < -0.3 is 5.32 Å². The summed E-state index contributed by atoms with van der Waals surface area (Å²) in [6.45, 7) is 0. The molecule has 1 heterocycles. The minimum atomic E-state index is -0.686. The third kappa shape index (κ3) is 2.37. The summed E-state index contributed by atoms with van der Waals surface area (Å²) < 4.78 is 12.9. The number of imide groups is 1. The van der Waals surface area contributed by atoms with Crippen molar-refractivity contribution in [2.24, 2.45) is 0 Å². The van der Waals surface area contributed by atoms with Crippen LogP contribution in [0.2, 0.25) is 5.02 Å². The molecular weight excluding hydrogens is 267 g/mol. The van der Waals surface area contributed by atoms with Gasteiger partial charge in [-0.05, 0) is 30.0 Å². The number of hydrogen-bond donors (Lipinski definition) is 1. The zero-order chi connectivity index (χ0) is 12.6. The second-order valence-corrected chi connectivity index (χ2v) is 4.90. The van der Waals surface area contributed by atoms with Crippen LogP contribution in [-0.2, 0) is 4.79 Å². The van der Waals surface area contributed by atoms with E-state index < -0.39 is 11.2 Å². The van der Waals surface area contributed by atoms with E-state index >= 15 is 0 Å². The average molecular weight is 275 g/mol. The predicted molar refractivity (Wildman–Crippen MR) is 64.6 cm³/mol. The van der Waals surface area contributed by atoms with Crippen LogP contribution in [0.1, 0.15) is 0 Å². The Morgan fingerprint density at radius 2 is 2.18 bits per heavy atom. The largest absolute Gasteiger partial charge is 0.365 e. The molecule has 0 spiro atoms. The third-order valence-electron chi connectivity index (χ3n) is 2.26. The van der Waals surface area contributed by atoms with Crippen LogP contribution in [0.3, 0.4) is 0 Å². The van der Waals surface area contributed by atoms with E-state index in [0.29, 0.717) is 5.69 Å². The number of anilines is 1. The number of carbonyl (C=O) groups is 2. The zero-order valence-electron chi connectivity index (χ0n) is 8.74. The quantitative estimate of drug-likeness (QED) is 0.900. The van der Waals surface area contributed by atoms with Crippen LogP contribution in [0.5, 0.6) is 0 Å². The van der Waals surface area contributed by atoms with Crippen molar-refractivity contribution >= 4 is 40.2 Å². The van der Waals surface area contributed by atoms with Crippen molar-refractivity contribution in [3.05, 3.63) is 29.0 Å². The van der Waals surface area contributed by atoms with Crippen LogP contribution in [0, 0.1) is 5.82 Å². The van der Waals surface area contributed by atoms with Crippen molar-refractivity contribution in [1.29, 1.82) is 0 Å². The van der Waals surface area contributed by atoms with Crippen molar-refractivity contribution in [3.8, 4) is 0 Å². The topological polar surface area (TPSA) is 49.4 Å². The molecule has 1 N–H and O–H groups in total. The minimum Gasteiger partial charge on any atom is -0.365 e. The molecule has 2 rings (SSSR count). The van der Waals surface area contributed by atoms with Crippen LogP contribution in [-0.4, -0.2) is 28.5 Å². The van der Waals surface area contributed by atoms with Gasteiger partial charge in [0.2, 0.25) is 0 Å². The van der Waals surface area contributed by atoms with Gasteiger partial charge in [-0.1, -0.05) is 11.6 Å². The Morgan fingerprint density at radius 1 is 1.47 bits per heavy atom. The number of halogens is 2. The highest BCUT2D eigenvalue weighted by Crippen LogP contribution is 2.28. The van der Waals surface area contributed by atoms with Gasteiger partial charge in [0.05, 0.1) is 5.02 Å². The van der Waals surface area contributed by atoms with Gasteiger partial charge in [-0.15, -0.1) is 0 Å². The molecule has 1 aromatic carbocycles. The summed E-state index contributed by atoms with van der Waals surface area (Å²) in [6, 6.07) is 4.02. The molecule has 1 unspecified atom stereocenters. The number of amides is 2. The average Bonchev–Trinajstić information content (AvgIpc) is 2.52. The number of hydrogen-bond acceptors (Lipinski definition) is 4. The number of benzene rings is 1. The standard InChI is InChI=1S/C10H8ClFN2O2S/c1-14-9(15)8(17-10(14)16)13-5-2-3-7(12)6(11)4-5/h2-4,8,13H,1H3. The zero-order valence-corrected chi connectivity index (χ0v) is 10.3. The monoisotopic (exact) mass is 274 g/mol. The number of thioether (sulfide) groups is 1. The Labute approximate surface area is 106 Å². The van der Waals surface area contributed by atoms with E-state index in [2.05, 4.69) is 5.32 Å². The number of likely N-dealkylation sites (N-methyl/N-ethyl adjacent to an activating group) is 1. The molecule has 1 saturated heterocycles. The molecule has 1 aliphatic heterocycles. The summed E-state index contributed by atoms with van der Waals surface area (Å²) in [5, 5.41) is 1.78. The molecule has 0 aromatic heterocycles. The van der Waals surface area contributed by atoms with Gasteiger partial charge in [-0.2, -0.15) is 0 Å². The molecule has 0 radical (unpaired) electrons. The Hall–Kier alpha value is -1.27. The molecule has 0 saturated carbocycles. The minimum absolute atomic E-state index is 0.0369. The summed E-state index contributed by atoms with van der Waals surface area (Å²) in [5.41, 5.74) is 0.491. The smallest absolute Gasteiger partial charge is 0.290 e. The van der Waals surface area contributed by atoms with Crippen molar-refractivity contribution in [2.45, 2.75) is 5.37 Å². The molecule has 1 atom stereocenters. The molecule has 1 fully saturated rings. The lowest BCUT2D eigenvalue weighted by molar-refractivity contribution is -0.125. The molecule has 1 aliphatic rings. The number of rotatable bonds is 2. The molecule has 2 amide bonds. The Morgan fingerprint density at radius 3 is 2.71 bits per heavy atom. The van der Waals surface area contributed by atoms with Gasteiger partial charge in [0.15, 0.2) is 5.37 Å². The first-order chi connectivity index (χ1) is 7.99. The maximum Gasteiger partial charge on any atom is 0.290 e. The summed E-state index contributed by atoms with van der Waals surface area (Å²) in [5.74, 6) is -0.865. The summed E-state index contributed by atoms with van der Waals surface area (Å²) >= 11 is 6.49. The van der Waals surface area contributed by atoms with Crippen molar-refractivity contribution < 1.29 is 14.0 Å². The van der Waals surface area contributed by atoms with Gasteiger partial charge in [0, 0.05) is 12.7 Å². The highest BCUT2D eigenvalue weighted by Gasteiger charge is 2.37. The lowest BCUT2D eigenvalue weighted by Crippen LogP contribution is -2.31. The van der Waals surface area contributed by atoms with Crippen molar-refractivity contribution in [2.75, 3.05) is 12.4 Å². The van der Waals surface area contributed by atoms with Crippen LogP contribution < -0.4 is 5.32 Å². The highest BCUT2D eigenvalue weighted by atomic mass is 35.5. The van der Waals surface area contributed by atoms with E-state index in [-0.39, 0.29) is 16.2 Å². The SMILES string of the molecule is CN1C(=O)SC(Nc2ccc(F)c(Cl)c2)C1=O. The van der Waals surface area contributed by atoms with E-state index in [4.69, 9.17) is 11.6 Å². The van der Waals surface area contributed by atoms with Gasteiger partial charge in [0.25, 0.3) is 11.1 Å². The molecule has 1 aromatic rings. The molecule has 90 valence electrons. The molecule has 17 heavy (non-hydrogen) atoms. The Balaban J connectivity index is 2.14. The van der Waals surface area contributed by atoms with E-state index in [0.717, 1.165) is 16.7 Å². The molecular formula is C10H8ClFN2O2S. The van der Waals surface area contributed by atoms with E-state index in [1.165, 1.54) is 25.2 Å². The maximum atomic E-state index is 12.9. The predicted octanol–water partition coefficient (Wildman–Crippen LogP) is 2.54. The Bertz CT molecular complexity index is 497. The van der Waals surface area contributed by atoms with Gasteiger partial charge in [-0.3, -0.25) is 14.5 Å². The second-order valence-electron chi connectivity index (χ2n) is 3.43. The fraction of sp³-hybridized carbons (Fsp3) is 0.200. The fourth-order valence-electron chi connectivity index (χ4n) is 1.32. The first-order valence-corrected chi connectivity index (χ1v) is 5.94. The third-order valence-corrected chi connectivity index (χ3v) is 3.59. The van der Waals surface area contributed by atoms with E-state index in [1.54, 1.807) is 0 Å². The van der Waals surface area contributed by atoms with Gasteiger partial charge in [0.1, 0.15) is 5.82 Å². The van der Waals surface area contributed by atoms with Crippen molar-refractivity contribution in [3.63, 3.8) is 0 Å². The van der Waals surface area contributed by atoms with E-state index in [1.807, 2.05) is 0 Å². The van der Waals surface area contributed by atoms with Crippen LogP contribution in [0.25, 0.3) is 0 Å². The number of carbonyl (C=O) groups excluding carboxylic acids is 2.